The average molecular weight is 255 g/mol. The van der Waals surface area contributed by atoms with Crippen LogP contribution in [0.3, 0.4) is 0 Å². The fourth-order valence-electron chi connectivity index (χ4n) is 2.95. The van der Waals surface area contributed by atoms with E-state index in [4.69, 9.17) is 4.74 Å². The predicted molar refractivity (Wildman–Crippen MR) is 70.5 cm³/mol. The van der Waals surface area contributed by atoms with Gasteiger partial charge in [-0.05, 0) is 33.0 Å². The Morgan fingerprint density at radius 2 is 1.83 bits per heavy atom. The van der Waals surface area contributed by atoms with Crippen LogP contribution in [-0.2, 0) is 9.53 Å². The third-order valence-corrected chi connectivity index (χ3v) is 4.23. The summed E-state index contributed by atoms with van der Waals surface area (Å²) in [5.41, 5.74) is -0.282. The van der Waals surface area contributed by atoms with E-state index in [1.807, 2.05) is 4.90 Å². The standard InChI is InChI=1S/C13H25N3O2/c1-15-7-9-16(10-8-15)12(17)13(11-18-2)3-5-14-6-4-13/h14H,3-11H2,1-2H3. The molecule has 2 saturated heterocycles. The summed E-state index contributed by atoms with van der Waals surface area (Å²) in [6, 6.07) is 0. The van der Waals surface area contributed by atoms with Gasteiger partial charge < -0.3 is 19.9 Å². The quantitative estimate of drug-likeness (QED) is 0.757. The highest BCUT2D eigenvalue weighted by Gasteiger charge is 2.42. The normalized spacial score (nSPS) is 25.1. The number of carbonyl (C=O) groups is 1. The molecule has 0 unspecified atom stereocenters. The van der Waals surface area contributed by atoms with Crippen molar-refractivity contribution >= 4 is 5.91 Å². The topological polar surface area (TPSA) is 44.8 Å². The first-order valence-electron chi connectivity index (χ1n) is 6.85. The number of methoxy groups -OCH3 is 1. The minimum Gasteiger partial charge on any atom is -0.384 e. The van der Waals surface area contributed by atoms with Gasteiger partial charge in [0, 0.05) is 33.3 Å². The van der Waals surface area contributed by atoms with Crippen molar-refractivity contribution in [3.8, 4) is 0 Å². The van der Waals surface area contributed by atoms with Crippen molar-refractivity contribution in [3.05, 3.63) is 0 Å². The van der Waals surface area contributed by atoms with Crippen LogP contribution in [0.4, 0.5) is 0 Å². The Labute approximate surface area is 109 Å². The SMILES string of the molecule is COCC1(C(=O)N2CCN(C)CC2)CCNCC1. The molecule has 0 aromatic heterocycles. The van der Waals surface area contributed by atoms with Crippen molar-refractivity contribution in [1.82, 2.24) is 15.1 Å². The Morgan fingerprint density at radius 3 is 2.39 bits per heavy atom. The summed E-state index contributed by atoms with van der Waals surface area (Å²) >= 11 is 0. The molecule has 18 heavy (non-hydrogen) atoms. The zero-order valence-corrected chi connectivity index (χ0v) is 11.6. The summed E-state index contributed by atoms with van der Waals surface area (Å²) in [6.07, 6.45) is 1.79. The van der Waals surface area contributed by atoms with Crippen molar-refractivity contribution in [2.45, 2.75) is 12.8 Å². The van der Waals surface area contributed by atoms with Crippen molar-refractivity contribution in [3.63, 3.8) is 0 Å². The number of ether oxygens (including phenoxy) is 1. The van der Waals surface area contributed by atoms with Gasteiger partial charge in [0.1, 0.15) is 0 Å². The fourth-order valence-corrected chi connectivity index (χ4v) is 2.95. The van der Waals surface area contributed by atoms with Crippen LogP contribution in [0, 0.1) is 5.41 Å². The van der Waals surface area contributed by atoms with Gasteiger partial charge in [-0.1, -0.05) is 0 Å². The number of piperidine rings is 1. The summed E-state index contributed by atoms with van der Waals surface area (Å²) in [5.74, 6) is 0.305. The molecule has 1 amide bonds. The zero-order chi connectivity index (χ0) is 13.0. The van der Waals surface area contributed by atoms with E-state index in [2.05, 4.69) is 17.3 Å². The molecule has 5 nitrogen and oxygen atoms in total. The lowest BCUT2D eigenvalue weighted by atomic mass is 9.78. The monoisotopic (exact) mass is 255 g/mol. The summed E-state index contributed by atoms with van der Waals surface area (Å²) in [6.45, 7) is 6.06. The molecule has 0 spiro atoms. The molecule has 5 heteroatoms. The number of rotatable bonds is 3. The number of hydrogen-bond donors (Lipinski definition) is 1. The Hall–Kier alpha value is -0.650. The first-order chi connectivity index (χ1) is 8.68. The van der Waals surface area contributed by atoms with Gasteiger partial charge in [0.05, 0.1) is 12.0 Å². The third-order valence-electron chi connectivity index (χ3n) is 4.23. The van der Waals surface area contributed by atoms with E-state index in [-0.39, 0.29) is 5.41 Å². The van der Waals surface area contributed by atoms with Crippen molar-refractivity contribution < 1.29 is 9.53 Å². The van der Waals surface area contributed by atoms with Crippen LogP contribution in [0.5, 0.6) is 0 Å². The number of amides is 1. The highest BCUT2D eigenvalue weighted by Crippen LogP contribution is 2.31. The van der Waals surface area contributed by atoms with Gasteiger partial charge in [0.2, 0.25) is 5.91 Å². The van der Waals surface area contributed by atoms with Gasteiger partial charge in [0.25, 0.3) is 0 Å². The smallest absolute Gasteiger partial charge is 0.231 e. The minimum absolute atomic E-state index is 0.282. The van der Waals surface area contributed by atoms with Crippen LogP contribution in [0.25, 0.3) is 0 Å². The third kappa shape index (κ3) is 2.84. The summed E-state index contributed by atoms with van der Waals surface area (Å²) < 4.78 is 5.33. The van der Waals surface area contributed by atoms with E-state index in [0.29, 0.717) is 12.5 Å². The van der Waals surface area contributed by atoms with Gasteiger partial charge in [-0.3, -0.25) is 4.79 Å². The number of carbonyl (C=O) groups excluding carboxylic acids is 1. The van der Waals surface area contributed by atoms with Gasteiger partial charge in [-0.25, -0.2) is 0 Å². The van der Waals surface area contributed by atoms with Gasteiger partial charge >= 0.3 is 0 Å². The highest BCUT2D eigenvalue weighted by molar-refractivity contribution is 5.83. The maximum absolute atomic E-state index is 12.8. The second-order valence-electron chi connectivity index (χ2n) is 5.56. The molecule has 0 aromatic carbocycles. The molecule has 2 rings (SSSR count). The Bertz CT molecular complexity index is 276. The molecule has 2 fully saturated rings. The fraction of sp³-hybridized carbons (Fsp3) is 0.923. The molecular formula is C13H25N3O2. The molecule has 0 aromatic rings. The molecule has 1 N–H and O–H groups in total. The molecule has 0 bridgehead atoms. The highest BCUT2D eigenvalue weighted by atomic mass is 16.5. The largest absolute Gasteiger partial charge is 0.384 e. The molecule has 0 atom stereocenters. The average Bonchev–Trinajstić information content (AvgIpc) is 2.40. The van der Waals surface area contributed by atoms with E-state index >= 15 is 0 Å². The van der Waals surface area contributed by atoms with E-state index in [0.717, 1.165) is 52.1 Å². The second kappa shape index (κ2) is 5.99. The van der Waals surface area contributed by atoms with Gasteiger partial charge in [0.15, 0.2) is 0 Å². The summed E-state index contributed by atoms with van der Waals surface area (Å²) in [5, 5.41) is 3.33. The van der Waals surface area contributed by atoms with E-state index in [1.54, 1.807) is 7.11 Å². The van der Waals surface area contributed by atoms with Crippen LogP contribution in [0.2, 0.25) is 0 Å². The number of likely N-dealkylation sites (N-methyl/N-ethyl adjacent to an activating group) is 1. The summed E-state index contributed by atoms with van der Waals surface area (Å²) in [4.78, 5) is 17.1. The maximum atomic E-state index is 12.8. The lowest BCUT2D eigenvalue weighted by molar-refractivity contribution is -0.149. The minimum atomic E-state index is -0.282. The van der Waals surface area contributed by atoms with Crippen molar-refractivity contribution in [1.29, 1.82) is 0 Å². The zero-order valence-electron chi connectivity index (χ0n) is 11.6. The Balaban J connectivity index is 2.03. The van der Waals surface area contributed by atoms with Crippen molar-refractivity contribution in [2.24, 2.45) is 5.41 Å². The van der Waals surface area contributed by atoms with Crippen LogP contribution >= 0.6 is 0 Å². The van der Waals surface area contributed by atoms with Gasteiger partial charge in [-0.2, -0.15) is 0 Å². The number of nitrogens with zero attached hydrogens (tertiary/aromatic N) is 2. The lowest BCUT2D eigenvalue weighted by Crippen LogP contribution is -2.56. The molecule has 0 saturated carbocycles. The first kappa shape index (κ1) is 13.8. The number of nitrogens with one attached hydrogen (secondary N) is 1. The van der Waals surface area contributed by atoms with Crippen LogP contribution in [-0.4, -0.2) is 75.7 Å². The Kier molecular flexibility index (Phi) is 4.59. The number of piperazine rings is 1. The second-order valence-corrected chi connectivity index (χ2v) is 5.56. The van der Waals surface area contributed by atoms with Crippen molar-refractivity contribution in [2.75, 3.05) is 60.0 Å². The predicted octanol–water partition coefficient (Wildman–Crippen LogP) is -0.223. The molecule has 104 valence electrons. The molecule has 2 heterocycles. The van der Waals surface area contributed by atoms with Gasteiger partial charge in [-0.15, -0.1) is 0 Å². The maximum Gasteiger partial charge on any atom is 0.231 e. The molecular weight excluding hydrogens is 230 g/mol. The lowest BCUT2D eigenvalue weighted by Gasteiger charge is -2.42. The first-order valence-corrected chi connectivity index (χ1v) is 6.85. The van der Waals surface area contributed by atoms with Crippen LogP contribution in [0.1, 0.15) is 12.8 Å². The van der Waals surface area contributed by atoms with E-state index in [1.165, 1.54) is 0 Å². The molecule has 0 aliphatic carbocycles. The van der Waals surface area contributed by atoms with E-state index in [9.17, 15) is 4.79 Å². The van der Waals surface area contributed by atoms with E-state index < -0.39 is 0 Å². The molecule has 2 aliphatic heterocycles. The molecule has 2 aliphatic rings. The summed E-state index contributed by atoms with van der Waals surface area (Å²) in [7, 11) is 3.80. The van der Waals surface area contributed by atoms with Crippen LogP contribution < -0.4 is 5.32 Å². The number of hydrogen-bond acceptors (Lipinski definition) is 4. The molecule has 0 radical (unpaired) electrons. The van der Waals surface area contributed by atoms with Crippen LogP contribution in [0.15, 0.2) is 0 Å². The Morgan fingerprint density at radius 1 is 1.22 bits per heavy atom.